The molecule has 4 heteroatoms. The smallest absolute Gasteiger partial charge is 0.163 e. The van der Waals surface area contributed by atoms with Crippen LogP contribution in [-0.2, 0) is 0 Å². The van der Waals surface area contributed by atoms with E-state index in [0.717, 1.165) is 4.70 Å². The van der Waals surface area contributed by atoms with Gasteiger partial charge in [-0.05, 0) is 12.1 Å². The van der Waals surface area contributed by atoms with Gasteiger partial charge in [-0.3, -0.25) is 4.79 Å². The fraction of sp³-hybridized carbons (Fsp3) is 0.100. The Morgan fingerprint density at radius 3 is 2.93 bits per heavy atom. The van der Waals surface area contributed by atoms with Gasteiger partial charge in [0, 0.05) is 4.70 Å². The number of ether oxygens (including phenoxy) is 1. The van der Waals surface area contributed by atoms with Crippen LogP contribution in [0.15, 0.2) is 18.2 Å². The van der Waals surface area contributed by atoms with E-state index in [-0.39, 0.29) is 5.82 Å². The Hall–Kier alpha value is -1.42. The molecule has 0 bridgehead atoms. The van der Waals surface area contributed by atoms with Crippen LogP contribution in [-0.4, -0.2) is 13.4 Å². The molecule has 0 radical (unpaired) electrons. The summed E-state index contributed by atoms with van der Waals surface area (Å²) < 4.78 is 19.1. The van der Waals surface area contributed by atoms with Crippen molar-refractivity contribution in [3.8, 4) is 5.75 Å². The van der Waals surface area contributed by atoms with Gasteiger partial charge in [0.1, 0.15) is 10.7 Å². The summed E-state index contributed by atoms with van der Waals surface area (Å²) in [6.07, 6.45) is 0.683. The largest absolute Gasteiger partial charge is 0.494 e. The fourth-order valence-corrected chi connectivity index (χ4v) is 2.38. The molecule has 0 aliphatic carbocycles. The van der Waals surface area contributed by atoms with E-state index in [9.17, 15) is 9.18 Å². The van der Waals surface area contributed by atoms with Gasteiger partial charge in [-0.15, -0.1) is 11.3 Å². The van der Waals surface area contributed by atoms with Crippen molar-refractivity contribution < 1.29 is 13.9 Å². The summed E-state index contributed by atoms with van der Waals surface area (Å²) in [5, 5.41) is 0.391. The zero-order chi connectivity index (χ0) is 10.1. The van der Waals surface area contributed by atoms with E-state index in [1.165, 1.54) is 24.5 Å². The highest BCUT2D eigenvalue weighted by molar-refractivity contribution is 7.21. The minimum atomic E-state index is -0.358. The zero-order valence-corrected chi connectivity index (χ0v) is 8.23. The van der Waals surface area contributed by atoms with Crippen molar-refractivity contribution in [2.75, 3.05) is 7.11 Å². The number of halogens is 1. The molecule has 1 aromatic carbocycles. The summed E-state index contributed by atoms with van der Waals surface area (Å²) in [7, 11) is 1.43. The summed E-state index contributed by atoms with van der Waals surface area (Å²) in [4.78, 5) is 11.1. The van der Waals surface area contributed by atoms with E-state index >= 15 is 0 Å². The minimum absolute atomic E-state index is 0.332. The highest BCUT2D eigenvalue weighted by atomic mass is 32.1. The third-order valence-electron chi connectivity index (χ3n) is 1.96. The first-order valence-corrected chi connectivity index (χ1v) is 4.79. The molecule has 0 saturated heterocycles. The highest BCUT2D eigenvalue weighted by Gasteiger charge is 2.15. The van der Waals surface area contributed by atoms with E-state index in [2.05, 4.69) is 0 Å². The van der Waals surface area contributed by atoms with Crippen LogP contribution in [0.5, 0.6) is 5.75 Å². The maximum Gasteiger partial charge on any atom is 0.163 e. The number of carbonyl (C=O) groups is 1. The molecule has 0 aliphatic rings. The number of fused-ring (bicyclic) bond motifs is 1. The average Bonchev–Trinajstić information content (AvgIpc) is 2.56. The predicted molar refractivity (Wildman–Crippen MR) is 53.7 cm³/mol. The molecule has 2 nitrogen and oxygen atoms in total. The van der Waals surface area contributed by atoms with Crippen LogP contribution in [0, 0.1) is 5.82 Å². The average molecular weight is 210 g/mol. The monoisotopic (exact) mass is 210 g/mol. The minimum Gasteiger partial charge on any atom is -0.494 e. The normalized spacial score (nSPS) is 10.4. The zero-order valence-electron chi connectivity index (χ0n) is 7.41. The SMILES string of the molecule is COc1c(C=O)sc2cccc(F)c12. The number of rotatable bonds is 2. The van der Waals surface area contributed by atoms with Crippen molar-refractivity contribution in [2.24, 2.45) is 0 Å². The first-order chi connectivity index (χ1) is 6.77. The van der Waals surface area contributed by atoms with E-state index in [1.807, 2.05) is 0 Å². The van der Waals surface area contributed by atoms with Gasteiger partial charge in [-0.25, -0.2) is 4.39 Å². The third-order valence-corrected chi connectivity index (χ3v) is 3.02. The van der Waals surface area contributed by atoms with Crippen LogP contribution in [0.4, 0.5) is 4.39 Å². The number of benzene rings is 1. The van der Waals surface area contributed by atoms with E-state index in [0.29, 0.717) is 22.3 Å². The number of carbonyl (C=O) groups excluding carboxylic acids is 1. The molecule has 72 valence electrons. The Morgan fingerprint density at radius 2 is 2.29 bits per heavy atom. The molecule has 0 fully saturated rings. The number of hydrogen-bond acceptors (Lipinski definition) is 3. The molecule has 14 heavy (non-hydrogen) atoms. The van der Waals surface area contributed by atoms with E-state index < -0.39 is 0 Å². The van der Waals surface area contributed by atoms with Crippen molar-refractivity contribution >= 4 is 27.7 Å². The Morgan fingerprint density at radius 1 is 1.50 bits per heavy atom. The van der Waals surface area contributed by atoms with Crippen LogP contribution in [0.3, 0.4) is 0 Å². The van der Waals surface area contributed by atoms with Gasteiger partial charge in [-0.2, -0.15) is 0 Å². The van der Waals surface area contributed by atoms with E-state index in [1.54, 1.807) is 12.1 Å². The first-order valence-electron chi connectivity index (χ1n) is 3.98. The molecule has 2 aromatic rings. The Balaban J connectivity index is 2.88. The van der Waals surface area contributed by atoms with Crippen LogP contribution in [0.2, 0.25) is 0 Å². The first kappa shape index (κ1) is 9.15. The van der Waals surface area contributed by atoms with Gasteiger partial charge in [0.2, 0.25) is 0 Å². The Labute approximate surface area is 83.9 Å². The highest BCUT2D eigenvalue weighted by Crippen LogP contribution is 2.37. The van der Waals surface area contributed by atoms with Crippen LogP contribution < -0.4 is 4.74 Å². The van der Waals surface area contributed by atoms with Crippen LogP contribution in [0.1, 0.15) is 9.67 Å². The molecule has 0 N–H and O–H groups in total. The Kier molecular flexibility index (Phi) is 2.21. The van der Waals surface area contributed by atoms with Gasteiger partial charge in [0.05, 0.1) is 12.5 Å². The number of methoxy groups -OCH3 is 1. The van der Waals surface area contributed by atoms with Crippen LogP contribution in [0.25, 0.3) is 10.1 Å². The second-order valence-electron chi connectivity index (χ2n) is 2.73. The molecule has 1 aromatic heterocycles. The molecular formula is C10H7FO2S. The Bertz CT molecular complexity index is 490. The summed E-state index contributed by atoms with van der Waals surface area (Å²) in [6.45, 7) is 0. The quantitative estimate of drug-likeness (QED) is 0.712. The maximum absolute atomic E-state index is 13.4. The standard InChI is InChI=1S/C10H7FO2S/c1-13-10-8(5-12)14-7-4-2-3-6(11)9(7)10/h2-5H,1H3. The van der Waals surface area contributed by atoms with Crippen molar-refractivity contribution in [1.82, 2.24) is 0 Å². The van der Waals surface area contributed by atoms with Crippen molar-refractivity contribution in [1.29, 1.82) is 0 Å². The van der Waals surface area contributed by atoms with Crippen molar-refractivity contribution in [3.63, 3.8) is 0 Å². The van der Waals surface area contributed by atoms with Crippen LogP contribution >= 0.6 is 11.3 Å². The fourth-order valence-electron chi connectivity index (χ4n) is 1.38. The third kappa shape index (κ3) is 1.19. The number of hydrogen-bond donors (Lipinski definition) is 0. The van der Waals surface area contributed by atoms with Gasteiger partial charge in [0.25, 0.3) is 0 Å². The summed E-state index contributed by atoms with van der Waals surface area (Å²) in [6, 6.07) is 4.73. The molecule has 0 aliphatic heterocycles. The van der Waals surface area contributed by atoms with Gasteiger partial charge >= 0.3 is 0 Å². The molecular weight excluding hydrogens is 203 g/mol. The maximum atomic E-state index is 13.4. The molecule has 0 saturated carbocycles. The molecule has 0 atom stereocenters. The van der Waals surface area contributed by atoms with Gasteiger partial charge in [-0.1, -0.05) is 6.07 Å². The number of thiophene rings is 1. The van der Waals surface area contributed by atoms with E-state index in [4.69, 9.17) is 4.74 Å². The lowest BCUT2D eigenvalue weighted by atomic mass is 10.2. The second-order valence-corrected chi connectivity index (χ2v) is 3.81. The lowest BCUT2D eigenvalue weighted by Gasteiger charge is -1.98. The lowest BCUT2D eigenvalue weighted by Crippen LogP contribution is -1.86. The molecule has 0 amide bonds. The molecule has 0 unspecified atom stereocenters. The lowest BCUT2D eigenvalue weighted by molar-refractivity contribution is 0.112. The second kappa shape index (κ2) is 3.38. The molecule has 1 heterocycles. The summed E-state index contributed by atoms with van der Waals surface area (Å²) in [5.74, 6) is -0.0261. The van der Waals surface area contributed by atoms with Crippen molar-refractivity contribution in [3.05, 3.63) is 28.9 Å². The molecule has 0 spiro atoms. The summed E-state index contributed by atoms with van der Waals surface area (Å²) >= 11 is 1.23. The van der Waals surface area contributed by atoms with Gasteiger partial charge in [0.15, 0.2) is 12.0 Å². The number of aldehydes is 1. The van der Waals surface area contributed by atoms with Crippen molar-refractivity contribution in [2.45, 2.75) is 0 Å². The summed E-state index contributed by atoms with van der Waals surface area (Å²) in [5.41, 5.74) is 0. The van der Waals surface area contributed by atoms with Gasteiger partial charge < -0.3 is 4.74 Å². The predicted octanol–water partition coefficient (Wildman–Crippen LogP) is 2.86. The molecule has 2 rings (SSSR count). The topological polar surface area (TPSA) is 26.3 Å².